The van der Waals surface area contributed by atoms with E-state index in [4.69, 9.17) is 10.8 Å². The molecule has 0 spiro atoms. The van der Waals surface area contributed by atoms with Gasteiger partial charge in [-0.25, -0.2) is 0 Å². The summed E-state index contributed by atoms with van der Waals surface area (Å²) in [5.41, 5.74) is 6.66. The lowest BCUT2D eigenvalue weighted by Crippen LogP contribution is -2.54. The maximum Gasteiger partial charge on any atom is 0.325 e. The van der Waals surface area contributed by atoms with E-state index in [1.807, 2.05) is 13.8 Å². The number of nitrogens with zero attached hydrogens (tertiary/aromatic N) is 1. The molecule has 0 radical (unpaired) electrons. The predicted molar refractivity (Wildman–Crippen MR) is 135 cm³/mol. The van der Waals surface area contributed by atoms with Crippen LogP contribution in [-0.2, 0) is 14.4 Å². The van der Waals surface area contributed by atoms with Crippen molar-refractivity contribution in [1.82, 2.24) is 10.2 Å². The number of carbonyl (C=O) groups excluding carboxylic acids is 3. The highest BCUT2D eigenvalue weighted by atomic mass is 16.4. The summed E-state index contributed by atoms with van der Waals surface area (Å²) in [4.78, 5) is 51.6. The second kappa shape index (κ2) is 12.8. The average molecular weight is 499 g/mol. The molecule has 0 unspecified atom stereocenters. The Morgan fingerprint density at radius 1 is 1.00 bits per heavy atom. The van der Waals surface area contributed by atoms with Gasteiger partial charge in [0.2, 0.25) is 11.8 Å². The van der Waals surface area contributed by atoms with Crippen LogP contribution >= 0.6 is 0 Å². The number of carboxylic acids is 1. The molecular weight excluding hydrogens is 464 g/mol. The van der Waals surface area contributed by atoms with Gasteiger partial charge in [0.15, 0.2) is 0 Å². The van der Waals surface area contributed by atoms with E-state index in [2.05, 4.69) is 10.6 Å². The minimum Gasteiger partial charge on any atom is -0.480 e. The van der Waals surface area contributed by atoms with Crippen LogP contribution in [0.5, 0.6) is 0 Å². The zero-order chi connectivity index (χ0) is 27.0. The topological polar surface area (TPSA) is 162 Å². The number of carbonyl (C=O) groups is 4. The van der Waals surface area contributed by atoms with Crippen LogP contribution in [-0.4, -0.2) is 64.0 Å². The molecule has 0 aliphatic rings. The van der Waals surface area contributed by atoms with Crippen LogP contribution in [0.15, 0.2) is 54.6 Å². The number of anilines is 1. The van der Waals surface area contributed by atoms with Crippen LogP contribution in [0.4, 0.5) is 5.69 Å². The van der Waals surface area contributed by atoms with Gasteiger partial charge in [0.1, 0.15) is 18.2 Å². The van der Waals surface area contributed by atoms with Crippen molar-refractivity contribution in [3.05, 3.63) is 65.7 Å². The highest BCUT2D eigenvalue weighted by molar-refractivity contribution is 6.06. The Labute approximate surface area is 210 Å². The quantitative estimate of drug-likeness (QED) is 0.315. The maximum atomic E-state index is 13.5. The number of carboxylic acid groups (broad SMARTS) is 1. The average Bonchev–Trinajstić information content (AvgIpc) is 2.87. The van der Waals surface area contributed by atoms with Crippen LogP contribution in [0.1, 0.15) is 49.2 Å². The van der Waals surface area contributed by atoms with Gasteiger partial charge in [0, 0.05) is 7.05 Å². The third-order valence-corrected chi connectivity index (χ3v) is 6.16. The number of hydrogen-bond donors (Lipinski definition) is 5. The van der Waals surface area contributed by atoms with E-state index < -0.39 is 47.9 Å². The summed E-state index contributed by atoms with van der Waals surface area (Å²) in [6.07, 6.45) is -0.742. The second-order valence-corrected chi connectivity index (χ2v) is 8.73. The van der Waals surface area contributed by atoms with Gasteiger partial charge < -0.3 is 31.5 Å². The van der Waals surface area contributed by atoms with Gasteiger partial charge in [-0.05, 0) is 30.5 Å². The van der Waals surface area contributed by atoms with Crippen molar-refractivity contribution in [1.29, 1.82) is 0 Å². The first-order valence-corrected chi connectivity index (χ1v) is 11.7. The number of benzene rings is 2. The molecule has 0 heterocycles. The van der Waals surface area contributed by atoms with Gasteiger partial charge in [0.05, 0.1) is 17.3 Å². The van der Waals surface area contributed by atoms with Gasteiger partial charge in [-0.3, -0.25) is 19.2 Å². The van der Waals surface area contributed by atoms with Gasteiger partial charge in [-0.1, -0.05) is 62.7 Å². The smallest absolute Gasteiger partial charge is 0.325 e. The first-order valence-electron chi connectivity index (χ1n) is 11.7. The lowest BCUT2D eigenvalue weighted by molar-refractivity contribution is -0.143. The van der Waals surface area contributed by atoms with E-state index >= 15 is 0 Å². The number of hydrogen-bond acceptors (Lipinski definition) is 6. The number of nitrogens with one attached hydrogen (secondary N) is 2. The first-order chi connectivity index (χ1) is 17.0. The van der Waals surface area contributed by atoms with Gasteiger partial charge in [-0.2, -0.15) is 0 Å². The molecule has 10 nitrogen and oxygen atoms in total. The number of rotatable bonds is 11. The Morgan fingerprint density at radius 2 is 1.58 bits per heavy atom. The molecule has 5 atom stereocenters. The van der Waals surface area contributed by atoms with Crippen molar-refractivity contribution in [3.8, 4) is 0 Å². The fourth-order valence-corrected chi connectivity index (χ4v) is 3.57. The van der Waals surface area contributed by atoms with Gasteiger partial charge in [0.25, 0.3) is 5.91 Å². The summed E-state index contributed by atoms with van der Waals surface area (Å²) >= 11 is 0. The molecule has 0 saturated carbocycles. The molecule has 2 rings (SSSR count). The molecular formula is C26H34N4O6. The van der Waals surface area contributed by atoms with Crippen molar-refractivity contribution in [2.24, 2.45) is 11.7 Å². The third kappa shape index (κ3) is 6.89. The minimum absolute atomic E-state index is 0.0252. The van der Waals surface area contributed by atoms with E-state index in [-0.39, 0.29) is 17.2 Å². The van der Waals surface area contributed by atoms with Crippen LogP contribution < -0.4 is 16.4 Å². The van der Waals surface area contributed by atoms with Crippen LogP contribution in [0.3, 0.4) is 0 Å². The maximum absolute atomic E-state index is 13.5. The molecule has 10 heteroatoms. The van der Waals surface area contributed by atoms with Crippen molar-refractivity contribution in [2.75, 3.05) is 12.4 Å². The highest BCUT2D eigenvalue weighted by Crippen LogP contribution is 2.24. The largest absolute Gasteiger partial charge is 0.480 e. The Bertz CT molecular complexity index is 1080. The van der Waals surface area contributed by atoms with E-state index in [0.717, 1.165) is 4.90 Å². The summed E-state index contributed by atoms with van der Waals surface area (Å²) < 4.78 is 0. The third-order valence-electron chi connectivity index (χ3n) is 6.16. The predicted octanol–water partition coefficient (Wildman–Crippen LogP) is 1.76. The zero-order valence-corrected chi connectivity index (χ0v) is 20.8. The Kier molecular flexibility index (Phi) is 10.1. The molecule has 0 fully saturated rings. The molecule has 0 bridgehead atoms. The first kappa shape index (κ1) is 28.5. The zero-order valence-electron chi connectivity index (χ0n) is 20.8. The molecule has 0 aliphatic heterocycles. The molecule has 0 saturated heterocycles. The SMILES string of the molecule is CC[C@H](C)[C@@H](N)C(=O)N(C)[C@@H](C(=O)Nc1ccccc1C(=O)N[C@H](C)C(=O)O)[C@@H](O)c1ccccc1. The summed E-state index contributed by atoms with van der Waals surface area (Å²) in [6, 6.07) is 11.1. The van der Waals surface area contributed by atoms with Gasteiger partial charge in [-0.15, -0.1) is 0 Å². The van der Waals surface area contributed by atoms with Crippen LogP contribution in [0, 0.1) is 5.92 Å². The summed E-state index contributed by atoms with van der Waals surface area (Å²) in [5, 5.41) is 25.2. The lowest BCUT2D eigenvalue weighted by atomic mass is 9.96. The number of aliphatic carboxylic acids is 1. The number of likely N-dealkylation sites (N-methyl/N-ethyl adjacent to an activating group) is 1. The van der Waals surface area contributed by atoms with Gasteiger partial charge >= 0.3 is 5.97 Å². The van der Waals surface area contributed by atoms with E-state index in [1.54, 1.807) is 42.5 Å². The number of aliphatic hydroxyl groups is 1. The molecule has 2 aromatic carbocycles. The molecule has 36 heavy (non-hydrogen) atoms. The molecule has 194 valence electrons. The normalized spacial score (nSPS) is 15.1. The molecule has 6 N–H and O–H groups in total. The van der Waals surface area contributed by atoms with Crippen molar-refractivity contribution in [3.63, 3.8) is 0 Å². The number of nitrogens with two attached hydrogens (primary N) is 1. The Hall–Kier alpha value is -3.76. The molecule has 3 amide bonds. The van der Waals surface area contributed by atoms with E-state index in [1.165, 1.54) is 26.1 Å². The fraction of sp³-hybridized carbons (Fsp3) is 0.385. The number of aliphatic hydroxyl groups excluding tert-OH is 1. The summed E-state index contributed by atoms with van der Waals surface area (Å²) in [6.45, 7) is 5.04. The monoisotopic (exact) mass is 498 g/mol. The fourth-order valence-electron chi connectivity index (χ4n) is 3.57. The van der Waals surface area contributed by atoms with Crippen LogP contribution in [0.25, 0.3) is 0 Å². The van der Waals surface area contributed by atoms with Crippen molar-refractivity contribution >= 4 is 29.4 Å². The molecule has 0 aliphatic carbocycles. The lowest BCUT2D eigenvalue weighted by Gasteiger charge is -2.34. The van der Waals surface area contributed by atoms with Crippen molar-refractivity contribution in [2.45, 2.75) is 51.4 Å². The molecule has 0 aromatic heterocycles. The van der Waals surface area contributed by atoms with Crippen molar-refractivity contribution < 1.29 is 29.4 Å². The Morgan fingerprint density at radius 3 is 2.17 bits per heavy atom. The highest BCUT2D eigenvalue weighted by Gasteiger charge is 2.37. The minimum atomic E-state index is -1.39. The summed E-state index contributed by atoms with van der Waals surface area (Å²) in [7, 11) is 1.40. The van der Waals surface area contributed by atoms with E-state index in [0.29, 0.717) is 12.0 Å². The summed E-state index contributed by atoms with van der Waals surface area (Å²) in [5.74, 6) is -3.33. The number of amides is 3. The van der Waals surface area contributed by atoms with Crippen LogP contribution in [0.2, 0.25) is 0 Å². The second-order valence-electron chi connectivity index (χ2n) is 8.73. The van der Waals surface area contributed by atoms with E-state index in [9.17, 15) is 24.3 Å². The molecule has 2 aromatic rings. The number of para-hydroxylation sites is 1. The standard InChI is InChI=1S/C26H34N4O6/c1-5-15(2)20(27)25(34)30(4)21(22(31)17-11-7-6-8-12-17)24(33)29-19-14-10-9-13-18(19)23(32)28-16(3)26(35)36/h6-16,20-22,31H,5,27H2,1-4H3,(H,28,32)(H,29,33)(H,35,36)/t15-,16+,20+,21+,22-/m0/s1. The Balaban J connectivity index is 2.40.